The van der Waals surface area contributed by atoms with Crippen molar-refractivity contribution in [1.29, 1.82) is 0 Å². The molecule has 1 aromatic carbocycles. The number of methoxy groups -OCH3 is 1. The second-order valence-electron chi connectivity index (χ2n) is 7.20. The zero-order chi connectivity index (χ0) is 17.0. The van der Waals surface area contributed by atoms with E-state index in [9.17, 15) is 9.59 Å². The maximum absolute atomic E-state index is 12.5. The molecule has 2 rings (SSSR count). The average molecular weight is 318 g/mol. The lowest BCUT2D eigenvalue weighted by Gasteiger charge is -2.27. The van der Waals surface area contributed by atoms with Crippen molar-refractivity contribution in [2.75, 3.05) is 19.0 Å². The van der Waals surface area contributed by atoms with Crippen molar-refractivity contribution in [2.24, 2.45) is 5.41 Å². The molecule has 0 spiro atoms. The van der Waals surface area contributed by atoms with Gasteiger partial charge in [-0.25, -0.2) is 0 Å². The van der Waals surface area contributed by atoms with Gasteiger partial charge < -0.3 is 15.0 Å². The third-order valence-electron chi connectivity index (χ3n) is 3.91. The molecule has 2 amide bonds. The third-order valence-corrected chi connectivity index (χ3v) is 3.91. The van der Waals surface area contributed by atoms with Gasteiger partial charge in [0, 0.05) is 18.7 Å². The van der Waals surface area contributed by atoms with E-state index in [0.717, 1.165) is 18.6 Å². The molecule has 1 aliphatic rings. The van der Waals surface area contributed by atoms with Crippen LogP contribution in [-0.4, -0.2) is 36.4 Å². The smallest absolute Gasteiger partial charge is 0.247 e. The second kappa shape index (κ2) is 7.02. The van der Waals surface area contributed by atoms with Crippen molar-refractivity contribution in [3.8, 4) is 5.75 Å². The number of hydrogen-bond donors (Lipinski definition) is 1. The lowest BCUT2D eigenvalue weighted by atomic mass is 9.91. The Morgan fingerprint density at radius 2 is 1.91 bits per heavy atom. The maximum atomic E-state index is 12.5. The average Bonchev–Trinajstić information content (AvgIpc) is 2.96. The molecule has 1 aliphatic heterocycles. The van der Waals surface area contributed by atoms with Crippen LogP contribution in [0.5, 0.6) is 5.75 Å². The molecule has 0 bridgehead atoms. The van der Waals surface area contributed by atoms with Gasteiger partial charge in [0.15, 0.2) is 0 Å². The standard InChI is InChI=1S/C18H26N2O3/c1-18(2,3)12-16(21)20-11-5-6-15(20)17(22)19-13-7-9-14(23-4)10-8-13/h7-10,15H,5-6,11-12H2,1-4H3,(H,19,22)/t15-/m0/s1. The molecule has 0 aliphatic carbocycles. The maximum Gasteiger partial charge on any atom is 0.247 e. The number of rotatable bonds is 4. The number of carbonyl (C=O) groups excluding carboxylic acids is 2. The van der Waals surface area contributed by atoms with Crippen molar-refractivity contribution in [2.45, 2.75) is 46.1 Å². The van der Waals surface area contributed by atoms with E-state index < -0.39 is 0 Å². The van der Waals surface area contributed by atoms with Crippen LogP contribution in [0.1, 0.15) is 40.0 Å². The van der Waals surface area contributed by atoms with E-state index in [-0.39, 0.29) is 23.3 Å². The van der Waals surface area contributed by atoms with Gasteiger partial charge in [-0.1, -0.05) is 20.8 Å². The first-order valence-corrected chi connectivity index (χ1v) is 8.04. The number of likely N-dealkylation sites (tertiary alicyclic amines) is 1. The first-order valence-electron chi connectivity index (χ1n) is 8.04. The number of anilines is 1. The predicted octanol–water partition coefficient (Wildman–Crippen LogP) is 3.06. The van der Waals surface area contributed by atoms with Crippen LogP contribution in [0.2, 0.25) is 0 Å². The Hall–Kier alpha value is -2.04. The Morgan fingerprint density at radius 1 is 1.26 bits per heavy atom. The lowest BCUT2D eigenvalue weighted by molar-refractivity contribution is -0.138. The third kappa shape index (κ3) is 4.71. The van der Waals surface area contributed by atoms with Crippen LogP contribution in [0.15, 0.2) is 24.3 Å². The van der Waals surface area contributed by atoms with E-state index in [0.29, 0.717) is 18.7 Å². The van der Waals surface area contributed by atoms with E-state index in [1.165, 1.54) is 0 Å². The quantitative estimate of drug-likeness (QED) is 0.928. The van der Waals surface area contributed by atoms with Crippen LogP contribution >= 0.6 is 0 Å². The highest BCUT2D eigenvalue weighted by Crippen LogP contribution is 2.25. The number of nitrogens with zero attached hydrogens (tertiary/aromatic N) is 1. The molecule has 0 saturated carbocycles. The Kier molecular flexibility index (Phi) is 5.29. The highest BCUT2D eigenvalue weighted by atomic mass is 16.5. The Morgan fingerprint density at radius 3 is 2.48 bits per heavy atom. The normalized spacial score (nSPS) is 17.9. The molecule has 1 heterocycles. The summed E-state index contributed by atoms with van der Waals surface area (Å²) in [7, 11) is 1.60. The molecule has 0 unspecified atom stereocenters. The highest BCUT2D eigenvalue weighted by molar-refractivity contribution is 5.97. The largest absolute Gasteiger partial charge is 0.497 e. The van der Waals surface area contributed by atoms with Gasteiger partial charge in [0.25, 0.3) is 0 Å². The summed E-state index contributed by atoms with van der Waals surface area (Å²) in [4.78, 5) is 26.7. The van der Waals surface area contributed by atoms with Crippen molar-refractivity contribution < 1.29 is 14.3 Å². The molecule has 1 aromatic rings. The molecule has 1 saturated heterocycles. The minimum Gasteiger partial charge on any atom is -0.497 e. The van der Waals surface area contributed by atoms with Gasteiger partial charge in [0.05, 0.1) is 7.11 Å². The Bertz CT molecular complexity index is 561. The fraction of sp³-hybridized carbons (Fsp3) is 0.556. The van der Waals surface area contributed by atoms with Crippen LogP contribution in [0.4, 0.5) is 5.69 Å². The lowest BCUT2D eigenvalue weighted by Crippen LogP contribution is -2.44. The van der Waals surface area contributed by atoms with Crippen LogP contribution < -0.4 is 10.1 Å². The molecule has 5 nitrogen and oxygen atoms in total. The Labute approximate surface area is 138 Å². The molecule has 1 N–H and O–H groups in total. The zero-order valence-electron chi connectivity index (χ0n) is 14.4. The van der Waals surface area contributed by atoms with Gasteiger partial charge in [0.2, 0.25) is 11.8 Å². The summed E-state index contributed by atoms with van der Waals surface area (Å²) in [6.45, 7) is 6.77. The topological polar surface area (TPSA) is 58.6 Å². The van der Waals surface area contributed by atoms with Gasteiger partial charge in [-0.2, -0.15) is 0 Å². The summed E-state index contributed by atoms with van der Waals surface area (Å²) in [5.74, 6) is 0.686. The fourth-order valence-electron chi connectivity index (χ4n) is 2.79. The minimum absolute atomic E-state index is 0.0601. The van der Waals surface area contributed by atoms with E-state index >= 15 is 0 Å². The summed E-state index contributed by atoms with van der Waals surface area (Å²) in [6.07, 6.45) is 2.05. The first kappa shape index (κ1) is 17.3. The van der Waals surface area contributed by atoms with Crippen molar-refractivity contribution >= 4 is 17.5 Å². The van der Waals surface area contributed by atoms with Crippen LogP contribution in [0.3, 0.4) is 0 Å². The van der Waals surface area contributed by atoms with E-state index in [2.05, 4.69) is 5.32 Å². The van der Waals surface area contributed by atoms with Crippen molar-refractivity contribution in [1.82, 2.24) is 4.90 Å². The van der Waals surface area contributed by atoms with Crippen LogP contribution in [0.25, 0.3) is 0 Å². The second-order valence-corrected chi connectivity index (χ2v) is 7.20. The van der Waals surface area contributed by atoms with E-state index in [4.69, 9.17) is 4.74 Å². The number of carbonyl (C=O) groups is 2. The summed E-state index contributed by atoms with van der Waals surface area (Å²) in [5, 5.41) is 2.89. The predicted molar refractivity (Wildman–Crippen MR) is 90.4 cm³/mol. The van der Waals surface area contributed by atoms with Crippen molar-refractivity contribution in [3.05, 3.63) is 24.3 Å². The number of benzene rings is 1. The molecule has 0 aromatic heterocycles. The molecule has 126 valence electrons. The highest BCUT2D eigenvalue weighted by Gasteiger charge is 2.35. The van der Waals surface area contributed by atoms with Gasteiger partial charge >= 0.3 is 0 Å². The molecule has 1 fully saturated rings. The minimum atomic E-state index is -0.369. The van der Waals surface area contributed by atoms with Crippen molar-refractivity contribution in [3.63, 3.8) is 0 Å². The summed E-state index contributed by atoms with van der Waals surface area (Å²) in [6, 6.07) is 6.83. The molecule has 0 radical (unpaired) electrons. The molecule has 23 heavy (non-hydrogen) atoms. The Balaban J connectivity index is 2.00. The number of nitrogens with one attached hydrogen (secondary N) is 1. The molecular weight excluding hydrogens is 292 g/mol. The SMILES string of the molecule is COc1ccc(NC(=O)[C@@H]2CCCN2C(=O)CC(C)(C)C)cc1. The number of ether oxygens (including phenoxy) is 1. The monoisotopic (exact) mass is 318 g/mol. The van der Waals surface area contributed by atoms with Crippen LogP contribution in [0, 0.1) is 5.41 Å². The van der Waals surface area contributed by atoms with Gasteiger partial charge in [-0.3, -0.25) is 9.59 Å². The molecule has 5 heteroatoms. The molecular formula is C18H26N2O3. The molecule has 1 atom stereocenters. The fourth-order valence-corrected chi connectivity index (χ4v) is 2.79. The summed E-state index contributed by atoms with van der Waals surface area (Å²) >= 11 is 0. The van der Waals surface area contributed by atoms with E-state index in [1.54, 1.807) is 36.3 Å². The van der Waals surface area contributed by atoms with Gasteiger partial charge in [-0.15, -0.1) is 0 Å². The summed E-state index contributed by atoms with van der Waals surface area (Å²) < 4.78 is 5.10. The zero-order valence-corrected chi connectivity index (χ0v) is 14.4. The first-order chi connectivity index (χ1) is 10.8. The van der Waals surface area contributed by atoms with E-state index in [1.807, 2.05) is 20.8 Å². The van der Waals surface area contributed by atoms with Gasteiger partial charge in [-0.05, 0) is 42.5 Å². The number of hydrogen-bond acceptors (Lipinski definition) is 3. The number of amides is 2. The summed E-state index contributed by atoms with van der Waals surface area (Å²) in [5.41, 5.74) is 0.641. The van der Waals surface area contributed by atoms with Crippen LogP contribution in [-0.2, 0) is 9.59 Å². The van der Waals surface area contributed by atoms with Gasteiger partial charge in [0.1, 0.15) is 11.8 Å².